The molecule has 0 radical (unpaired) electrons. The van der Waals surface area contributed by atoms with Gasteiger partial charge in [0.15, 0.2) is 5.65 Å². The first-order chi connectivity index (χ1) is 12.7. The Hall–Kier alpha value is -2.34. The number of hydrogen-bond acceptors (Lipinski definition) is 4. The van der Waals surface area contributed by atoms with Crippen LogP contribution < -0.4 is 5.69 Å². The molecule has 0 saturated carbocycles. The molecular weight excluding hydrogens is 326 g/mol. The summed E-state index contributed by atoms with van der Waals surface area (Å²) in [4.78, 5) is 17.3. The molecule has 0 aromatic carbocycles. The Bertz CT molecular complexity index is 883. The minimum atomic E-state index is -0.0446. The van der Waals surface area contributed by atoms with Crippen molar-refractivity contribution in [3.8, 4) is 0 Å². The van der Waals surface area contributed by atoms with Crippen molar-refractivity contribution in [1.82, 2.24) is 24.0 Å². The fourth-order valence-electron chi connectivity index (χ4n) is 3.84. The molecule has 0 amide bonds. The van der Waals surface area contributed by atoms with E-state index >= 15 is 0 Å². The van der Waals surface area contributed by atoms with Gasteiger partial charge in [-0.25, -0.2) is 9.48 Å². The highest BCUT2D eigenvalue weighted by Crippen LogP contribution is 2.20. The highest BCUT2D eigenvalue weighted by molar-refractivity contribution is 5.35. The Labute approximate surface area is 154 Å². The van der Waals surface area contributed by atoms with Gasteiger partial charge >= 0.3 is 5.69 Å². The Balaban J connectivity index is 1.27. The van der Waals surface area contributed by atoms with Crippen LogP contribution in [0.25, 0.3) is 5.65 Å². The highest BCUT2D eigenvalue weighted by Gasteiger charge is 2.18. The molecule has 2 aromatic rings. The maximum absolute atomic E-state index is 12.3. The molecule has 1 aliphatic heterocycles. The van der Waals surface area contributed by atoms with Gasteiger partial charge in [-0.3, -0.25) is 9.30 Å². The van der Waals surface area contributed by atoms with Crippen LogP contribution >= 0.6 is 0 Å². The van der Waals surface area contributed by atoms with Gasteiger partial charge in [0.25, 0.3) is 0 Å². The van der Waals surface area contributed by atoms with Crippen LogP contribution in [0.4, 0.5) is 0 Å². The third-order valence-corrected chi connectivity index (χ3v) is 5.36. The zero-order chi connectivity index (χ0) is 17.9. The highest BCUT2D eigenvalue weighted by atomic mass is 16.2. The predicted molar refractivity (Wildman–Crippen MR) is 103 cm³/mol. The average Bonchev–Trinajstić information content (AvgIpc) is 2.99. The molecule has 0 atom stereocenters. The van der Waals surface area contributed by atoms with Crippen molar-refractivity contribution in [2.45, 2.75) is 32.7 Å². The number of nitrogens with zero attached hydrogens (tertiary/aromatic N) is 5. The van der Waals surface area contributed by atoms with Gasteiger partial charge in [-0.1, -0.05) is 17.7 Å². The molecule has 1 fully saturated rings. The van der Waals surface area contributed by atoms with E-state index in [9.17, 15) is 4.79 Å². The summed E-state index contributed by atoms with van der Waals surface area (Å²) < 4.78 is 3.19. The zero-order valence-electron chi connectivity index (χ0n) is 15.5. The van der Waals surface area contributed by atoms with Crippen LogP contribution in [-0.4, -0.2) is 56.7 Å². The average molecular weight is 353 g/mol. The van der Waals surface area contributed by atoms with Crippen molar-refractivity contribution in [1.29, 1.82) is 0 Å². The van der Waals surface area contributed by atoms with Crippen molar-refractivity contribution >= 4 is 5.65 Å². The molecule has 0 spiro atoms. The second-order valence-corrected chi connectivity index (χ2v) is 7.28. The lowest BCUT2D eigenvalue weighted by Gasteiger charge is -2.37. The van der Waals surface area contributed by atoms with E-state index < -0.39 is 0 Å². The van der Waals surface area contributed by atoms with E-state index in [-0.39, 0.29) is 5.69 Å². The normalized spacial score (nSPS) is 18.9. The number of allylic oxidation sites excluding steroid dienone is 3. The lowest BCUT2D eigenvalue weighted by molar-refractivity contribution is 0.157. The molecule has 26 heavy (non-hydrogen) atoms. The van der Waals surface area contributed by atoms with Crippen LogP contribution in [0.5, 0.6) is 0 Å². The van der Waals surface area contributed by atoms with Gasteiger partial charge in [0.2, 0.25) is 0 Å². The molecule has 0 bridgehead atoms. The molecule has 3 heterocycles. The Morgan fingerprint density at radius 3 is 2.73 bits per heavy atom. The van der Waals surface area contributed by atoms with E-state index in [0.29, 0.717) is 6.54 Å². The van der Waals surface area contributed by atoms with E-state index in [1.807, 2.05) is 18.2 Å². The smallest absolute Gasteiger partial charge is 0.350 e. The standard InChI is InChI=1S/C20H27N5O/c1-17-6-4-7-18(16-17)23-14-12-22(13-15-23)9-5-11-25-20(26)24-10-3-2-8-19(24)21-25/h2-3,7-8,10,16H,4-6,9,11-15H2,1H3. The number of rotatable bonds is 5. The number of aromatic nitrogens is 3. The lowest BCUT2D eigenvalue weighted by atomic mass is 10.0. The molecule has 1 saturated heterocycles. The first-order valence-electron chi connectivity index (χ1n) is 9.59. The minimum Gasteiger partial charge on any atom is -0.369 e. The number of aryl methyl sites for hydroxylation is 1. The summed E-state index contributed by atoms with van der Waals surface area (Å²) in [7, 11) is 0. The monoisotopic (exact) mass is 353 g/mol. The summed E-state index contributed by atoms with van der Waals surface area (Å²) in [5.41, 5.74) is 3.57. The van der Waals surface area contributed by atoms with Crippen molar-refractivity contribution in [2.75, 3.05) is 32.7 Å². The lowest BCUT2D eigenvalue weighted by Crippen LogP contribution is -2.46. The first kappa shape index (κ1) is 17.1. The summed E-state index contributed by atoms with van der Waals surface area (Å²) in [6.07, 6.45) is 9.81. The van der Waals surface area contributed by atoms with Gasteiger partial charge in [0, 0.05) is 51.2 Å². The largest absolute Gasteiger partial charge is 0.369 e. The quantitative estimate of drug-likeness (QED) is 0.826. The van der Waals surface area contributed by atoms with Gasteiger partial charge in [-0.2, -0.15) is 0 Å². The minimum absolute atomic E-state index is 0.0446. The molecule has 0 N–H and O–H groups in total. The van der Waals surface area contributed by atoms with Crippen molar-refractivity contribution in [2.24, 2.45) is 0 Å². The van der Waals surface area contributed by atoms with E-state index in [1.165, 1.54) is 24.1 Å². The Morgan fingerprint density at radius 2 is 1.96 bits per heavy atom. The van der Waals surface area contributed by atoms with E-state index in [2.05, 4.69) is 34.0 Å². The molecule has 2 aromatic heterocycles. The van der Waals surface area contributed by atoms with E-state index in [4.69, 9.17) is 0 Å². The summed E-state index contributed by atoms with van der Waals surface area (Å²) in [6, 6.07) is 5.63. The van der Waals surface area contributed by atoms with Crippen molar-refractivity contribution in [3.05, 3.63) is 58.3 Å². The van der Waals surface area contributed by atoms with Crippen LogP contribution in [0, 0.1) is 0 Å². The molecule has 2 aliphatic rings. The van der Waals surface area contributed by atoms with Crippen LogP contribution in [-0.2, 0) is 6.54 Å². The summed E-state index contributed by atoms with van der Waals surface area (Å²) >= 11 is 0. The van der Waals surface area contributed by atoms with E-state index in [0.717, 1.165) is 44.8 Å². The van der Waals surface area contributed by atoms with Gasteiger partial charge in [-0.15, -0.1) is 5.10 Å². The fourth-order valence-corrected chi connectivity index (χ4v) is 3.84. The predicted octanol–water partition coefficient (Wildman–Crippen LogP) is 2.13. The third-order valence-electron chi connectivity index (χ3n) is 5.36. The maximum atomic E-state index is 12.3. The third kappa shape index (κ3) is 3.60. The molecule has 6 nitrogen and oxygen atoms in total. The number of piperazine rings is 1. The van der Waals surface area contributed by atoms with E-state index in [1.54, 1.807) is 15.3 Å². The van der Waals surface area contributed by atoms with Gasteiger partial charge in [0.05, 0.1) is 0 Å². The Kier molecular flexibility index (Phi) is 4.93. The SMILES string of the molecule is CC1=CC(N2CCN(CCCn3nc4ccccn4c3=O)CC2)=CCC1. The molecular formula is C20H27N5O. The van der Waals surface area contributed by atoms with Gasteiger partial charge in [0.1, 0.15) is 0 Å². The fraction of sp³-hybridized carbons (Fsp3) is 0.500. The van der Waals surface area contributed by atoms with Crippen LogP contribution in [0.15, 0.2) is 52.6 Å². The second kappa shape index (κ2) is 7.50. The van der Waals surface area contributed by atoms with Crippen LogP contribution in [0.2, 0.25) is 0 Å². The first-order valence-corrected chi connectivity index (χ1v) is 9.59. The van der Waals surface area contributed by atoms with Crippen molar-refractivity contribution < 1.29 is 0 Å². The van der Waals surface area contributed by atoms with Gasteiger partial charge in [-0.05, 0) is 44.4 Å². The molecule has 138 valence electrons. The number of fused-ring (bicyclic) bond motifs is 1. The second-order valence-electron chi connectivity index (χ2n) is 7.28. The summed E-state index contributed by atoms with van der Waals surface area (Å²) in [5.74, 6) is 0. The number of hydrogen-bond donors (Lipinski definition) is 0. The molecule has 0 unspecified atom stereocenters. The molecule has 1 aliphatic carbocycles. The Morgan fingerprint density at radius 1 is 1.12 bits per heavy atom. The van der Waals surface area contributed by atoms with Crippen molar-refractivity contribution in [3.63, 3.8) is 0 Å². The van der Waals surface area contributed by atoms with Crippen LogP contribution in [0.1, 0.15) is 26.2 Å². The number of pyridine rings is 1. The zero-order valence-corrected chi connectivity index (χ0v) is 15.5. The molecule has 6 heteroatoms. The van der Waals surface area contributed by atoms with Crippen LogP contribution in [0.3, 0.4) is 0 Å². The summed E-state index contributed by atoms with van der Waals surface area (Å²) in [5, 5.41) is 4.40. The van der Waals surface area contributed by atoms with Gasteiger partial charge < -0.3 is 4.90 Å². The molecule has 4 rings (SSSR count). The topological polar surface area (TPSA) is 45.8 Å². The summed E-state index contributed by atoms with van der Waals surface area (Å²) in [6.45, 7) is 8.27. The maximum Gasteiger partial charge on any atom is 0.350 e.